The van der Waals surface area contributed by atoms with Crippen molar-refractivity contribution < 1.29 is 27.6 Å². The van der Waals surface area contributed by atoms with Gasteiger partial charge in [-0.1, -0.05) is 11.8 Å². The Morgan fingerprint density at radius 2 is 2.04 bits per heavy atom. The van der Waals surface area contributed by atoms with Gasteiger partial charge in [0.2, 0.25) is 5.16 Å². The molecule has 0 unspecified atom stereocenters. The van der Waals surface area contributed by atoms with Crippen LogP contribution in [0.1, 0.15) is 9.67 Å². The minimum absolute atomic E-state index is 0.0471. The van der Waals surface area contributed by atoms with Crippen molar-refractivity contribution >= 4 is 45.1 Å². The molecule has 0 fully saturated rings. The molecular weight excluding hydrogens is 396 g/mol. The van der Waals surface area contributed by atoms with Crippen LogP contribution in [0, 0.1) is 0 Å². The van der Waals surface area contributed by atoms with E-state index < -0.39 is 32.6 Å². The number of nitrogens with one attached hydrogen (secondary N) is 1. The zero-order valence-electron chi connectivity index (χ0n) is 13.1. The van der Waals surface area contributed by atoms with E-state index in [2.05, 4.69) is 9.84 Å². The van der Waals surface area contributed by atoms with E-state index in [1.807, 2.05) is 0 Å². The molecule has 0 aromatic carbocycles. The summed E-state index contributed by atoms with van der Waals surface area (Å²) < 4.78 is 31.9. The molecule has 0 aliphatic carbocycles. The zero-order chi connectivity index (χ0) is 18.8. The molecule has 0 atom stereocenters. The van der Waals surface area contributed by atoms with Gasteiger partial charge in [0.1, 0.15) is 16.9 Å². The molecule has 11 nitrogen and oxygen atoms in total. The quantitative estimate of drug-likeness (QED) is 0.518. The maximum absolute atomic E-state index is 12.3. The summed E-state index contributed by atoms with van der Waals surface area (Å²) in [6.07, 6.45) is 1.59. The third-order valence-electron chi connectivity index (χ3n) is 2.78. The third-order valence-corrected chi connectivity index (χ3v) is 5.78. The highest BCUT2D eigenvalue weighted by atomic mass is 32.2. The highest BCUT2D eigenvalue weighted by Crippen LogP contribution is 2.22. The standard InChI is InChI=1S/C11H12N4O7S3/c1-21-8(16)7-6(4-5-24-7)25(19,20)13-9(17)14-11(18)15(22-2)10(12-14)23-3/h4-5H,1-3H3,(H,13,17). The van der Waals surface area contributed by atoms with Gasteiger partial charge in [-0.15, -0.1) is 25.8 Å². The first kappa shape index (κ1) is 19.0. The minimum Gasteiger partial charge on any atom is -0.465 e. The summed E-state index contributed by atoms with van der Waals surface area (Å²) in [6, 6.07) is -0.186. The molecule has 2 heterocycles. The number of thioether (sulfide) groups is 1. The van der Waals surface area contributed by atoms with Crippen molar-refractivity contribution in [3.05, 3.63) is 26.8 Å². The van der Waals surface area contributed by atoms with Crippen LogP contribution in [0.2, 0.25) is 0 Å². The van der Waals surface area contributed by atoms with Crippen molar-refractivity contribution in [1.29, 1.82) is 0 Å². The molecule has 0 spiro atoms. The van der Waals surface area contributed by atoms with Gasteiger partial charge < -0.3 is 9.57 Å². The van der Waals surface area contributed by atoms with Crippen LogP contribution in [-0.2, 0) is 14.8 Å². The molecule has 2 rings (SSSR count). The number of rotatable bonds is 5. The first-order valence-corrected chi connectivity index (χ1v) is 9.89. The van der Waals surface area contributed by atoms with Crippen LogP contribution >= 0.6 is 23.1 Å². The number of carbonyl (C=O) groups is 2. The second-order valence-corrected chi connectivity index (χ2v) is 7.51. The molecule has 2 aromatic rings. The minimum atomic E-state index is -4.43. The van der Waals surface area contributed by atoms with Gasteiger partial charge in [0.25, 0.3) is 10.0 Å². The number of hydrogen-bond donors (Lipinski definition) is 1. The van der Waals surface area contributed by atoms with E-state index in [9.17, 15) is 22.8 Å². The van der Waals surface area contributed by atoms with E-state index >= 15 is 0 Å². The highest BCUT2D eigenvalue weighted by molar-refractivity contribution is 7.98. The molecule has 1 N–H and O–H groups in total. The van der Waals surface area contributed by atoms with Crippen LogP contribution in [0.5, 0.6) is 0 Å². The lowest BCUT2D eigenvalue weighted by Crippen LogP contribution is -2.41. The van der Waals surface area contributed by atoms with Crippen LogP contribution in [0.3, 0.4) is 0 Å². The number of carbonyl (C=O) groups excluding carboxylic acids is 2. The number of aromatic nitrogens is 3. The summed E-state index contributed by atoms with van der Waals surface area (Å²) in [5.74, 6) is -0.867. The average Bonchev–Trinajstić information content (AvgIpc) is 3.18. The summed E-state index contributed by atoms with van der Waals surface area (Å²) >= 11 is 1.85. The fourth-order valence-corrected chi connectivity index (χ4v) is 4.46. The molecule has 0 aliphatic heterocycles. The monoisotopic (exact) mass is 408 g/mol. The summed E-state index contributed by atoms with van der Waals surface area (Å²) in [4.78, 5) is 39.9. The summed E-state index contributed by atoms with van der Waals surface area (Å²) in [6.45, 7) is 0. The van der Waals surface area contributed by atoms with E-state index in [0.717, 1.165) is 41.0 Å². The van der Waals surface area contributed by atoms with Crippen molar-refractivity contribution in [2.24, 2.45) is 0 Å². The van der Waals surface area contributed by atoms with Crippen LogP contribution in [0.4, 0.5) is 4.79 Å². The molecule has 2 aromatic heterocycles. The Hall–Kier alpha value is -2.32. The Morgan fingerprint density at radius 3 is 2.56 bits per heavy atom. The lowest BCUT2D eigenvalue weighted by Gasteiger charge is -2.06. The van der Waals surface area contributed by atoms with E-state index in [0.29, 0.717) is 4.68 Å². The second-order valence-electron chi connectivity index (χ2n) is 4.17. The maximum atomic E-state index is 12.3. The molecule has 0 saturated carbocycles. The molecule has 0 radical (unpaired) electrons. The van der Waals surface area contributed by atoms with Gasteiger partial charge in [-0.3, -0.25) is 0 Å². The Morgan fingerprint density at radius 1 is 1.36 bits per heavy atom. The number of hydrogen-bond acceptors (Lipinski definition) is 10. The number of ether oxygens (including phenoxy) is 1. The molecule has 14 heteroatoms. The first-order valence-electron chi connectivity index (χ1n) is 6.30. The number of nitrogens with zero attached hydrogens (tertiary/aromatic N) is 3. The van der Waals surface area contributed by atoms with E-state index in [-0.39, 0.29) is 10.0 Å². The molecular formula is C11H12N4O7S3. The average molecular weight is 408 g/mol. The number of thiophene rings is 1. The normalized spacial score (nSPS) is 11.2. The van der Waals surface area contributed by atoms with Crippen LogP contribution in [0.25, 0.3) is 0 Å². The molecule has 1 amide bonds. The van der Waals surface area contributed by atoms with E-state index in [1.165, 1.54) is 12.5 Å². The lowest BCUT2D eigenvalue weighted by molar-refractivity contribution is 0.0602. The summed E-state index contributed by atoms with van der Waals surface area (Å²) in [5.41, 5.74) is -0.988. The van der Waals surface area contributed by atoms with E-state index in [1.54, 1.807) is 11.0 Å². The van der Waals surface area contributed by atoms with Crippen LogP contribution < -0.4 is 15.2 Å². The number of methoxy groups -OCH3 is 1. The highest BCUT2D eigenvalue weighted by Gasteiger charge is 2.28. The Kier molecular flexibility index (Phi) is 5.54. The van der Waals surface area contributed by atoms with Crippen molar-refractivity contribution in [2.45, 2.75) is 10.1 Å². The fourth-order valence-electron chi connectivity index (χ4n) is 1.71. The summed E-state index contributed by atoms with van der Waals surface area (Å²) in [7, 11) is -2.15. The van der Waals surface area contributed by atoms with Crippen LogP contribution in [-0.4, -0.2) is 55.4 Å². The molecule has 0 aliphatic rings. The van der Waals surface area contributed by atoms with Gasteiger partial charge in [0, 0.05) is 0 Å². The summed E-state index contributed by atoms with van der Waals surface area (Å²) in [5, 5.41) is 5.07. The molecule has 0 saturated heterocycles. The number of amides is 1. The van der Waals surface area contributed by atoms with Crippen molar-refractivity contribution in [3.63, 3.8) is 0 Å². The van der Waals surface area contributed by atoms with Crippen molar-refractivity contribution in [2.75, 3.05) is 20.5 Å². The number of sulfonamides is 1. The predicted molar refractivity (Wildman–Crippen MR) is 87.5 cm³/mol. The largest absolute Gasteiger partial charge is 0.465 e. The fraction of sp³-hybridized carbons (Fsp3) is 0.273. The molecule has 0 bridgehead atoms. The van der Waals surface area contributed by atoms with Crippen LogP contribution in [0.15, 0.2) is 26.3 Å². The van der Waals surface area contributed by atoms with Crippen molar-refractivity contribution in [3.8, 4) is 0 Å². The van der Waals surface area contributed by atoms with Gasteiger partial charge >= 0.3 is 17.7 Å². The SMILES string of the molecule is COC(=O)c1sccc1S(=O)(=O)NC(=O)n1nc(SC)n(OC)c1=O. The Balaban J connectivity index is 2.38. The Bertz CT molecular complexity index is 972. The number of esters is 1. The second kappa shape index (κ2) is 7.28. The maximum Gasteiger partial charge on any atom is 0.388 e. The molecule has 25 heavy (non-hydrogen) atoms. The molecule has 136 valence electrons. The van der Waals surface area contributed by atoms with Gasteiger partial charge in [-0.2, -0.15) is 0 Å². The third kappa shape index (κ3) is 3.54. The predicted octanol–water partition coefficient (Wildman–Crippen LogP) is -0.380. The smallest absolute Gasteiger partial charge is 0.388 e. The Labute approximate surface area is 149 Å². The van der Waals surface area contributed by atoms with Gasteiger partial charge in [-0.25, -0.2) is 27.5 Å². The van der Waals surface area contributed by atoms with Gasteiger partial charge in [-0.05, 0) is 17.7 Å². The van der Waals surface area contributed by atoms with E-state index in [4.69, 9.17) is 4.84 Å². The van der Waals surface area contributed by atoms with Gasteiger partial charge in [0.05, 0.1) is 7.11 Å². The first-order chi connectivity index (χ1) is 11.8. The lowest BCUT2D eigenvalue weighted by atomic mass is 10.5. The van der Waals surface area contributed by atoms with Gasteiger partial charge in [0.15, 0.2) is 0 Å². The topological polar surface area (TPSA) is 139 Å². The van der Waals surface area contributed by atoms with Crippen molar-refractivity contribution in [1.82, 2.24) is 19.2 Å². The zero-order valence-corrected chi connectivity index (χ0v) is 15.5.